The topological polar surface area (TPSA) is 61.8 Å². The van der Waals surface area contributed by atoms with Gasteiger partial charge in [0.25, 0.3) is 0 Å². The van der Waals surface area contributed by atoms with Gasteiger partial charge in [0.15, 0.2) is 0 Å². The van der Waals surface area contributed by atoms with Gasteiger partial charge in [0, 0.05) is 48.4 Å². The monoisotopic (exact) mass is 485 g/mol. The Morgan fingerprint density at radius 3 is 2.53 bits per heavy atom. The van der Waals surface area contributed by atoms with Crippen molar-refractivity contribution in [2.24, 2.45) is 0 Å². The largest absolute Gasteiger partial charge is 0.478 e. The number of hydrogen-bond acceptors (Lipinski definition) is 6. The Hall–Kier alpha value is -3.03. The number of fused-ring (bicyclic) bond motifs is 4. The van der Waals surface area contributed by atoms with Gasteiger partial charge in [-0.05, 0) is 83.1 Å². The lowest BCUT2D eigenvalue weighted by atomic mass is 9.72. The van der Waals surface area contributed by atoms with Crippen molar-refractivity contribution in [3.63, 3.8) is 0 Å². The van der Waals surface area contributed by atoms with E-state index in [4.69, 9.17) is 9.72 Å². The van der Waals surface area contributed by atoms with Crippen molar-refractivity contribution in [1.29, 1.82) is 0 Å². The maximum Gasteiger partial charge on any atom is 0.237 e. The number of benzene rings is 1. The first-order valence-electron chi connectivity index (χ1n) is 13.2. The Morgan fingerprint density at radius 1 is 1.06 bits per heavy atom. The summed E-state index contributed by atoms with van der Waals surface area (Å²) in [6.45, 7) is 3.63. The van der Waals surface area contributed by atoms with Gasteiger partial charge < -0.3 is 19.4 Å². The number of likely N-dealkylation sites (N-methyl/N-ethyl adjacent to an activating group) is 1. The van der Waals surface area contributed by atoms with E-state index in [2.05, 4.69) is 53.1 Å². The summed E-state index contributed by atoms with van der Waals surface area (Å²) in [7, 11) is 6.03. The summed E-state index contributed by atoms with van der Waals surface area (Å²) in [4.78, 5) is 29.5. The molecule has 36 heavy (non-hydrogen) atoms. The lowest BCUT2D eigenvalue weighted by Gasteiger charge is -2.38. The van der Waals surface area contributed by atoms with Crippen LogP contribution in [0.3, 0.4) is 0 Å². The molecule has 2 aliphatic heterocycles. The van der Waals surface area contributed by atoms with E-state index in [1.165, 1.54) is 18.4 Å². The number of likely N-dealkylation sites (tertiary alicyclic amines) is 1. The normalized spacial score (nSPS) is 19.4. The molecule has 3 aliphatic rings. The molecule has 2 aromatic heterocycles. The molecule has 0 bridgehead atoms. The van der Waals surface area contributed by atoms with E-state index >= 15 is 0 Å². The minimum absolute atomic E-state index is 0.227. The van der Waals surface area contributed by atoms with Crippen LogP contribution in [-0.2, 0) is 10.2 Å². The molecule has 2 fully saturated rings. The van der Waals surface area contributed by atoms with Gasteiger partial charge in [0.2, 0.25) is 11.8 Å². The zero-order valence-electron chi connectivity index (χ0n) is 21.5. The third kappa shape index (κ3) is 4.04. The molecule has 1 aromatic carbocycles. The molecule has 7 nitrogen and oxygen atoms in total. The highest BCUT2D eigenvalue weighted by Crippen LogP contribution is 2.51. The second-order valence-electron chi connectivity index (χ2n) is 10.9. The van der Waals surface area contributed by atoms with Gasteiger partial charge in [0.05, 0.1) is 29.4 Å². The van der Waals surface area contributed by atoms with E-state index in [0.29, 0.717) is 12.5 Å². The average Bonchev–Trinajstić information content (AvgIpc) is 3.72. The van der Waals surface area contributed by atoms with E-state index in [1.807, 2.05) is 30.4 Å². The standard InChI is InChI=1S/C29H35N5O2/c1-32(2)13-4-16-36-26-10-6-21(18-31-26)20-5-9-24-23(17-20)27-25(19-30-24)33(3)28(35)29(27)11-14-34(15-12-29)22-7-8-22/h5-6,9-10,17-19,22H,4,7-8,11-16H2,1-3H3. The van der Waals surface area contributed by atoms with Crippen LogP contribution >= 0.6 is 0 Å². The van der Waals surface area contributed by atoms with Gasteiger partial charge in [0.1, 0.15) is 0 Å². The number of amides is 1. The molecule has 1 spiro atoms. The Bertz CT molecular complexity index is 1280. The van der Waals surface area contributed by atoms with Crippen LogP contribution in [0.4, 0.5) is 5.69 Å². The summed E-state index contributed by atoms with van der Waals surface area (Å²) in [6.07, 6.45) is 9.10. The average molecular weight is 486 g/mol. The Labute approximate surface area is 213 Å². The van der Waals surface area contributed by atoms with Gasteiger partial charge in [-0.25, -0.2) is 4.98 Å². The number of carbonyl (C=O) groups is 1. The molecule has 0 atom stereocenters. The van der Waals surface area contributed by atoms with Crippen molar-refractivity contribution in [2.45, 2.75) is 43.6 Å². The highest BCUT2D eigenvalue weighted by Gasteiger charge is 2.53. The van der Waals surface area contributed by atoms with Crippen molar-refractivity contribution in [1.82, 2.24) is 19.8 Å². The lowest BCUT2D eigenvalue weighted by Crippen LogP contribution is -2.48. The van der Waals surface area contributed by atoms with Gasteiger partial charge >= 0.3 is 0 Å². The quantitative estimate of drug-likeness (QED) is 0.470. The summed E-state index contributed by atoms with van der Waals surface area (Å²) in [5.74, 6) is 0.875. The van der Waals surface area contributed by atoms with Crippen molar-refractivity contribution in [2.75, 3.05) is 52.3 Å². The van der Waals surface area contributed by atoms with Gasteiger partial charge in [-0.2, -0.15) is 0 Å². The molecule has 4 heterocycles. The SMILES string of the molecule is CN(C)CCCOc1ccc(-c2ccc3ncc4c(c3c2)C2(CCN(C3CC3)CC2)C(=O)N4C)cn1. The molecule has 1 saturated heterocycles. The van der Waals surface area contributed by atoms with Crippen LogP contribution in [0, 0.1) is 0 Å². The molecule has 188 valence electrons. The number of rotatable bonds is 7. The number of piperidine rings is 1. The minimum Gasteiger partial charge on any atom is -0.478 e. The smallest absolute Gasteiger partial charge is 0.237 e. The third-order valence-electron chi connectivity index (χ3n) is 8.19. The van der Waals surface area contributed by atoms with Crippen LogP contribution in [0.5, 0.6) is 5.88 Å². The molecular formula is C29H35N5O2. The fraction of sp³-hybridized carbons (Fsp3) is 0.483. The second-order valence-corrected chi connectivity index (χ2v) is 10.9. The zero-order chi connectivity index (χ0) is 24.9. The predicted octanol–water partition coefficient (Wildman–Crippen LogP) is 4.10. The summed E-state index contributed by atoms with van der Waals surface area (Å²) in [5, 5.41) is 1.09. The van der Waals surface area contributed by atoms with Crippen molar-refractivity contribution < 1.29 is 9.53 Å². The fourth-order valence-corrected chi connectivity index (χ4v) is 6.02. The lowest BCUT2D eigenvalue weighted by molar-refractivity contribution is -0.124. The maximum absolute atomic E-state index is 13.7. The predicted molar refractivity (Wildman–Crippen MR) is 143 cm³/mol. The van der Waals surface area contributed by atoms with Crippen LogP contribution in [0.15, 0.2) is 42.7 Å². The second kappa shape index (κ2) is 9.12. The Balaban J connectivity index is 1.31. The molecule has 0 unspecified atom stereocenters. The molecule has 0 radical (unpaired) electrons. The molecular weight excluding hydrogens is 450 g/mol. The number of ether oxygens (including phenoxy) is 1. The summed E-state index contributed by atoms with van der Waals surface area (Å²) in [6, 6.07) is 11.1. The van der Waals surface area contributed by atoms with Crippen molar-refractivity contribution in [3.8, 4) is 17.0 Å². The van der Waals surface area contributed by atoms with E-state index in [9.17, 15) is 4.79 Å². The van der Waals surface area contributed by atoms with Gasteiger partial charge in [-0.15, -0.1) is 0 Å². The highest BCUT2D eigenvalue weighted by atomic mass is 16.5. The molecule has 1 aliphatic carbocycles. The Kier molecular flexibility index (Phi) is 5.92. The molecule has 1 amide bonds. The van der Waals surface area contributed by atoms with Gasteiger partial charge in [-0.1, -0.05) is 6.07 Å². The number of pyridine rings is 2. The number of nitrogens with zero attached hydrogens (tertiary/aromatic N) is 5. The van der Waals surface area contributed by atoms with Crippen LogP contribution in [0.1, 0.15) is 37.7 Å². The van der Waals surface area contributed by atoms with Crippen molar-refractivity contribution in [3.05, 3.63) is 48.3 Å². The first kappa shape index (κ1) is 23.4. The first-order valence-corrected chi connectivity index (χ1v) is 13.2. The van der Waals surface area contributed by atoms with Gasteiger partial charge in [-0.3, -0.25) is 9.78 Å². The zero-order valence-corrected chi connectivity index (χ0v) is 21.5. The molecule has 3 aromatic rings. The minimum atomic E-state index is -0.447. The van der Waals surface area contributed by atoms with E-state index in [0.717, 1.165) is 72.7 Å². The summed E-state index contributed by atoms with van der Waals surface area (Å²) < 4.78 is 5.81. The van der Waals surface area contributed by atoms with Crippen LogP contribution in [0.25, 0.3) is 22.0 Å². The Morgan fingerprint density at radius 2 is 1.83 bits per heavy atom. The third-order valence-corrected chi connectivity index (χ3v) is 8.19. The van der Waals surface area contributed by atoms with Crippen molar-refractivity contribution >= 4 is 22.5 Å². The maximum atomic E-state index is 13.7. The summed E-state index contributed by atoms with van der Waals surface area (Å²) >= 11 is 0. The molecule has 6 rings (SSSR count). The molecule has 7 heteroatoms. The molecule has 1 saturated carbocycles. The number of carbonyl (C=O) groups excluding carboxylic acids is 1. The van der Waals surface area contributed by atoms with E-state index < -0.39 is 5.41 Å². The van der Waals surface area contributed by atoms with Crippen LogP contribution in [0.2, 0.25) is 0 Å². The number of aromatic nitrogens is 2. The molecule has 0 N–H and O–H groups in total. The van der Waals surface area contributed by atoms with Crippen LogP contribution < -0.4 is 9.64 Å². The fourth-order valence-electron chi connectivity index (χ4n) is 6.02. The summed E-state index contributed by atoms with van der Waals surface area (Å²) in [5.41, 5.74) is 4.74. The number of hydrogen-bond donors (Lipinski definition) is 0. The number of anilines is 1. The van der Waals surface area contributed by atoms with E-state index in [1.54, 1.807) is 0 Å². The van der Waals surface area contributed by atoms with E-state index in [-0.39, 0.29) is 5.91 Å². The van der Waals surface area contributed by atoms with Crippen LogP contribution in [-0.4, -0.2) is 79.1 Å². The highest BCUT2D eigenvalue weighted by molar-refractivity contribution is 6.12. The first-order chi connectivity index (χ1) is 17.5.